The first-order valence-corrected chi connectivity index (χ1v) is 8.84. The number of pyridine rings is 1. The number of nitrogens with zero attached hydrogens (tertiary/aromatic N) is 1. The van der Waals surface area contributed by atoms with Crippen molar-refractivity contribution in [3.05, 3.63) is 44.3 Å². The van der Waals surface area contributed by atoms with Crippen molar-refractivity contribution in [3.63, 3.8) is 0 Å². The van der Waals surface area contributed by atoms with Crippen LogP contribution in [0.15, 0.2) is 28.3 Å². The molecule has 0 saturated carbocycles. The number of halogens is 1. The number of aliphatic hydroxyl groups is 1. The fraction of sp³-hybridized carbons (Fsp3) is 0.438. The lowest BCUT2D eigenvalue weighted by Crippen LogP contribution is -2.52. The van der Waals surface area contributed by atoms with Crippen LogP contribution in [0.5, 0.6) is 5.75 Å². The lowest BCUT2D eigenvalue weighted by molar-refractivity contribution is -0.0632. The number of thiophene rings is 1. The van der Waals surface area contributed by atoms with Crippen LogP contribution < -0.4 is 10.1 Å². The first-order valence-electron chi connectivity index (χ1n) is 7.17. The van der Waals surface area contributed by atoms with Crippen molar-refractivity contribution in [2.45, 2.75) is 45.1 Å². The first kappa shape index (κ1) is 15.9. The maximum atomic E-state index is 10.7. The quantitative estimate of drug-likeness (QED) is 0.851. The molecular weight excluding hydrogens is 364 g/mol. The summed E-state index contributed by atoms with van der Waals surface area (Å²) in [7, 11) is 0. The van der Waals surface area contributed by atoms with Gasteiger partial charge < -0.3 is 15.2 Å². The summed E-state index contributed by atoms with van der Waals surface area (Å²) in [6, 6.07) is 1.82. The van der Waals surface area contributed by atoms with Crippen LogP contribution >= 0.6 is 27.3 Å². The predicted octanol–water partition coefficient (Wildman–Crippen LogP) is 3.58. The second-order valence-corrected chi connectivity index (χ2v) is 7.87. The molecule has 2 N–H and O–H groups in total. The van der Waals surface area contributed by atoms with Crippen LogP contribution in [0.3, 0.4) is 0 Å². The van der Waals surface area contributed by atoms with Gasteiger partial charge >= 0.3 is 0 Å². The Morgan fingerprint density at radius 1 is 1.45 bits per heavy atom. The summed E-state index contributed by atoms with van der Waals surface area (Å²) in [6.07, 6.45) is 3.04. The van der Waals surface area contributed by atoms with Crippen molar-refractivity contribution in [3.8, 4) is 5.75 Å². The van der Waals surface area contributed by atoms with Crippen molar-refractivity contribution in [1.29, 1.82) is 0 Å². The number of aromatic nitrogens is 1. The third-order valence-electron chi connectivity index (χ3n) is 4.11. The molecule has 0 spiro atoms. The van der Waals surface area contributed by atoms with Gasteiger partial charge in [0.2, 0.25) is 0 Å². The molecule has 4 nitrogen and oxygen atoms in total. The Kier molecular flexibility index (Phi) is 4.29. The zero-order valence-electron chi connectivity index (χ0n) is 12.8. The minimum absolute atomic E-state index is 0.142. The molecule has 2 aromatic rings. The molecular formula is C16H19BrN2O2S. The highest BCUT2D eigenvalue weighted by molar-refractivity contribution is 9.10. The summed E-state index contributed by atoms with van der Waals surface area (Å²) in [5.41, 5.74) is 1.66. The van der Waals surface area contributed by atoms with Gasteiger partial charge in [-0.25, -0.2) is 0 Å². The predicted molar refractivity (Wildman–Crippen MR) is 91.3 cm³/mol. The van der Waals surface area contributed by atoms with E-state index in [4.69, 9.17) is 4.74 Å². The molecule has 1 aliphatic heterocycles. The van der Waals surface area contributed by atoms with Crippen molar-refractivity contribution < 1.29 is 9.84 Å². The van der Waals surface area contributed by atoms with E-state index in [2.05, 4.69) is 33.2 Å². The molecule has 6 heteroatoms. The monoisotopic (exact) mass is 382 g/mol. The van der Waals surface area contributed by atoms with Gasteiger partial charge in [-0.3, -0.25) is 4.98 Å². The molecule has 3 heterocycles. The molecule has 0 aliphatic carbocycles. The first-order chi connectivity index (χ1) is 10.4. The van der Waals surface area contributed by atoms with E-state index in [1.54, 1.807) is 17.5 Å². The summed E-state index contributed by atoms with van der Waals surface area (Å²) < 4.78 is 6.89. The highest BCUT2D eigenvalue weighted by atomic mass is 79.9. The molecule has 0 radical (unpaired) electrons. The van der Waals surface area contributed by atoms with Crippen LogP contribution in [-0.4, -0.2) is 21.8 Å². The Morgan fingerprint density at radius 3 is 3.00 bits per heavy atom. The van der Waals surface area contributed by atoms with E-state index in [0.29, 0.717) is 6.54 Å². The number of hydrogen-bond donors (Lipinski definition) is 2. The van der Waals surface area contributed by atoms with Gasteiger partial charge in [0.25, 0.3) is 0 Å². The van der Waals surface area contributed by atoms with E-state index in [1.807, 2.05) is 31.5 Å². The van der Waals surface area contributed by atoms with E-state index in [-0.39, 0.29) is 6.04 Å². The lowest BCUT2D eigenvalue weighted by Gasteiger charge is -2.41. The molecule has 0 aromatic carbocycles. The average Bonchev–Trinajstić information content (AvgIpc) is 2.90. The van der Waals surface area contributed by atoms with Crippen molar-refractivity contribution in [2.24, 2.45) is 0 Å². The lowest BCUT2D eigenvalue weighted by atomic mass is 9.90. The van der Waals surface area contributed by atoms with Gasteiger partial charge in [-0.1, -0.05) is 0 Å². The molecule has 1 aliphatic rings. The standard InChI is InChI=1S/C16H19BrN2O2S/c1-9-10(6-18-8-11(9)17)7-19-13-14-12(4-5-22-14)21-16(2,3)15(13)20/h4-6,8,13,15,19-20H,7H2,1-3H3/t13-,15+/m0/s1. The van der Waals surface area contributed by atoms with E-state index in [1.165, 1.54) is 0 Å². The second kappa shape index (κ2) is 5.92. The van der Waals surface area contributed by atoms with Crippen molar-refractivity contribution >= 4 is 27.3 Å². The maximum absolute atomic E-state index is 10.7. The summed E-state index contributed by atoms with van der Waals surface area (Å²) in [6.45, 7) is 6.54. The van der Waals surface area contributed by atoms with Gasteiger partial charge in [0.1, 0.15) is 17.5 Å². The molecule has 0 amide bonds. The molecule has 0 saturated heterocycles. The largest absolute Gasteiger partial charge is 0.484 e. The van der Waals surface area contributed by atoms with Gasteiger partial charge in [-0.05, 0) is 59.3 Å². The number of aliphatic hydroxyl groups excluding tert-OH is 1. The summed E-state index contributed by atoms with van der Waals surface area (Å²) in [5, 5.41) is 16.1. The zero-order chi connectivity index (χ0) is 15.9. The Hall–Kier alpha value is -0.950. The molecule has 3 rings (SSSR count). The van der Waals surface area contributed by atoms with Crippen LogP contribution in [0.4, 0.5) is 0 Å². The smallest absolute Gasteiger partial charge is 0.135 e. The van der Waals surface area contributed by atoms with E-state index in [0.717, 1.165) is 26.2 Å². The van der Waals surface area contributed by atoms with Gasteiger partial charge in [0, 0.05) is 23.4 Å². The number of hydrogen-bond acceptors (Lipinski definition) is 5. The summed E-state index contributed by atoms with van der Waals surface area (Å²) in [5.74, 6) is 0.863. The van der Waals surface area contributed by atoms with E-state index < -0.39 is 11.7 Å². The third-order valence-corrected chi connectivity index (χ3v) is 5.89. The van der Waals surface area contributed by atoms with Crippen LogP contribution in [0, 0.1) is 6.92 Å². The Labute approximate surface area is 142 Å². The normalized spacial score (nSPS) is 23.0. The highest BCUT2D eigenvalue weighted by Gasteiger charge is 2.43. The van der Waals surface area contributed by atoms with Gasteiger partial charge in [-0.15, -0.1) is 11.3 Å². The van der Waals surface area contributed by atoms with Gasteiger partial charge in [0.15, 0.2) is 0 Å². The minimum atomic E-state index is -0.615. The average molecular weight is 383 g/mol. The third kappa shape index (κ3) is 2.80. The molecule has 2 atom stereocenters. The maximum Gasteiger partial charge on any atom is 0.135 e. The van der Waals surface area contributed by atoms with Gasteiger partial charge in [0.05, 0.1) is 10.9 Å². The number of rotatable bonds is 3. The van der Waals surface area contributed by atoms with Crippen molar-refractivity contribution in [2.75, 3.05) is 0 Å². The van der Waals surface area contributed by atoms with E-state index >= 15 is 0 Å². The second-order valence-electron chi connectivity index (χ2n) is 6.06. The number of fused-ring (bicyclic) bond motifs is 1. The molecule has 0 fully saturated rings. The minimum Gasteiger partial charge on any atom is -0.484 e. The number of ether oxygens (including phenoxy) is 1. The fourth-order valence-corrected chi connectivity index (χ4v) is 3.95. The summed E-state index contributed by atoms with van der Waals surface area (Å²) in [4.78, 5) is 5.27. The topological polar surface area (TPSA) is 54.4 Å². The van der Waals surface area contributed by atoms with Crippen LogP contribution in [-0.2, 0) is 6.54 Å². The fourth-order valence-electron chi connectivity index (χ4n) is 2.65. The molecule has 0 unspecified atom stereocenters. The molecule has 22 heavy (non-hydrogen) atoms. The van der Waals surface area contributed by atoms with Gasteiger partial charge in [-0.2, -0.15) is 0 Å². The van der Waals surface area contributed by atoms with Crippen LogP contribution in [0.1, 0.15) is 35.9 Å². The van der Waals surface area contributed by atoms with Crippen molar-refractivity contribution in [1.82, 2.24) is 10.3 Å². The Bertz CT molecular complexity index is 687. The van der Waals surface area contributed by atoms with Crippen LogP contribution in [0.25, 0.3) is 0 Å². The number of nitrogens with one attached hydrogen (secondary N) is 1. The molecule has 2 aromatic heterocycles. The van der Waals surface area contributed by atoms with Crippen LogP contribution in [0.2, 0.25) is 0 Å². The Morgan fingerprint density at radius 2 is 2.23 bits per heavy atom. The SMILES string of the molecule is Cc1c(Br)cncc1CN[C@H]1c2sccc2OC(C)(C)[C@@H]1O. The zero-order valence-corrected chi connectivity index (χ0v) is 15.2. The molecule has 118 valence electrons. The Balaban J connectivity index is 1.84. The molecule has 0 bridgehead atoms. The highest BCUT2D eigenvalue weighted by Crippen LogP contribution is 2.43. The summed E-state index contributed by atoms with van der Waals surface area (Å²) >= 11 is 5.11. The van der Waals surface area contributed by atoms with E-state index in [9.17, 15) is 5.11 Å².